The van der Waals surface area contributed by atoms with E-state index < -0.39 is 30.4 Å². The van der Waals surface area contributed by atoms with Gasteiger partial charge in [0.1, 0.15) is 33.0 Å². The highest BCUT2D eigenvalue weighted by Crippen LogP contribution is 2.17. The monoisotopic (exact) mass is 1410 g/mol. The summed E-state index contributed by atoms with van der Waals surface area (Å²) in [6, 6.07) is 0. The Kier molecular flexibility index (Phi) is 79.2. The van der Waals surface area contributed by atoms with Crippen LogP contribution in [-0.2, 0) is 62.0 Å². The SMILES string of the molecule is CCCCCCCCCCCCCC(=O)OCCN(CCOC(=O)CCCCCCCCCCCCC)C(=O)CO.CCCCCCCCCCCCCC(=O)OCCN(CCOC(=O)CCCCCCCCCCCCC)C(=O)COC(=O)CCCN(C)C.CN(C)CCCC(=O)O. The van der Waals surface area contributed by atoms with Crippen LogP contribution in [0.4, 0.5) is 0 Å². The molecule has 0 atom stereocenters. The van der Waals surface area contributed by atoms with Crippen LogP contribution in [0.25, 0.3) is 0 Å². The first-order chi connectivity index (χ1) is 48.0. The summed E-state index contributed by atoms with van der Waals surface area (Å²) >= 11 is 0. The number of esters is 5. The molecule has 0 spiro atoms. The third-order valence-corrected chi connectivity index (χ3v) is 17.6. The van der Waals surface area contributed by atoms with Gasteiger partial charge in [0, 0.05) is 38.5 Å². The number of amides is 2. The minimum Gasteiger partial charge on any atom is -0.481 e. The van der Waals surface area contributed by atoms with Gasteiger partial charge >= 0.3 is 35.8 Å². The Morgan fingerprint density at radius 1 is 0.253 bits per heavy atom. The van der Waals surface area contributed by atoms with Gasteiger partial charge in [0.25, 0.3) is 5.91 Å². The van der Waals surface area contributed by atoms with Gasteiger partial charge in [-0.3, -0.25) is 38.4 Å². The summed E-state index contributed by atoms with van der Waals surface area (Å²) in [5, 5.41) is 17.5. The third-order valence-electron chi connectivity index (χ3n) is 17.6. The Labute approximate surface area is 605 Å². The van der Waals surface area contributed by atoms with Gasteiger partial charge < -0.3 is 53.5 Å². The second-order valence-electron chi connectivity index (χ2n) is 27.8. The summed E-state index contributed by atoms with van der Waals surface area (Å²) in [6.45, 7) is 10.5. The van der Waals surface area contributed by atoms with Crippen LogP contribution in [0.3, 0.4) is 0 Å². The van der Waals surface area contributed by atoms with Gasteiger partial charge in [-0.05, 0) is 79.8 Å². The van der Waals surface area contributed by atoms with Crippen LogP contribution in [0.5, 0.6) is 0 Å². The lowest BCUT2D eigenvalue weighted by Crippen LogP contribution is -2.40. The number of carboxylic acid groups (broad SMARTS) is 1. The molecule has 0 aromatic carbocycles. The second kappa shape index (κ2) is 79.3. The Balaban J connectivity index is -0.00000167. The molecule has 0 heterocycles. The predicted molar refractivity (Wildman–Crippen MR) is 403 cm³/mol. The van der Waals surface area contributed by atoms with E-state index in [1.807, 2.05) is 38.0 Å². The number of ether oxygens (including phenoxy) is 5. The smallest absolute Gasteiger partial charge is 0.306 e. The van der Waals surface area contributed by atoms with Crippen molar-refractivity contribution >= 4 is 47.6 Å². The maximum atomic E-state index is 12.9. The number of aliphatic hydroxyl groups excluding tert-OH is 1. The van der Waals surface area contributed by atoms with E-state index in [4.69, 9.17) is 28.8 Å². The van der Waals surface area contributed by atoms with Gasteiger partial charge in [0.05, 0.1) is 26.2 Å². The number of hydrogen-bond acceptors (Lipinski definition) is 16. The molecule has 0 unspecified atom stereocenters. The third kappa shape index (κ3) is 80.8. The number of aliphatic hydroxyl groups is 1. The van der Waals surface area contributed by atoms with E-state index in [9.17, 15) is 43.5 Å². The zero-order chi connectivity index (χ0) is 73.7. The average molecular weight is 1410 g/mol. The molecule has 2 amide bonds. The number of aliphatic carboxylic acids is 1. The predicted octanol–water partition coefficient (Wildman–Crippen LogP) is 17.9. The van der Waals surface area contributed by atoms with E-state index >= 15 is 0 Å². The Morgan fingerprint density at radius 3 is 0.677 bits per heavy atom. The van der Waals surface area contributed by atoms with E-state index in [0.717, 1.165) is 96.6 Å². The van der Waals surface area contributed by atoms with E-state index in [2.05, 4.69) is 27.7 Å². The first kappa shape index (κ1) is 98.8. The molecule has 19 heteroatoms. The molecule has 0 aromatic rings. The highest BCUT2D eigenvalue weighted by atomic mass is 16.6. The van der Waals surface area contributed by atoms with Crippen LogP contribution < -0.4 is 0 Å². The number of hydrogen-bond donors (Lipinski definition) is 2. The van der Waals surface area contributed by atoms with E-state index in [0.29, 0.717) is 32.1 Å². The number of unbranched alkanes of at least 4 members (excludes halogenated alkanes) is 40. The van der Waals surface area contributed by atoms with Gasteiger partial charge in [0.15, 0.2) is 6.61 Å². The minimum absolute atomic E-state index is 0.0477. The zero-order valence-corrected chi connectivity index (χ0v) is 65.2. The van der Waals surface area contributed by atoms with E-state index in [-0.39, 0.29) is 95.9 Å². The Bertz CT molecular complexity index is 1770. The van der Waals surface area contributed by atoms with Crippen LogP contribution >= 0.6 is 0 Å². The number of carbonyl (C=O) groups excluding carboxylic acids is 7. The summed E-state index contributed by atoms with van der Waals surface area (Å²) in [7, 11) is 7.73. The fourth-order valence-corrected chi connectivity index (χ4v) is 11.3. The number of nitrogens with zero attached hydrogens (tertiary/aromatic N) is 4. The largest absolute Gasteiger partial charge is 0.481 e. The molecule has 0 aliphatic heterocycles. The molecule has 0 saturated carbocycles. The zero-order valence-electron chi connectivity index (χ0n) is 65.2. The standard InChI is InChI=1S/C40H76N2O7.C34H65NO6.C6H13NO2/c1-5-7-9-11-13-15-17-19-21-23-25-28-38(44)47-34-32-42(37(43)36-49-40(46)30-27-31-41(3)4)33-35-48-39(45)29-26-24-22-20-18-16-14-12-10-8-6-2;1-3-5-7-9-11-13-15-17-19-21-23-25-33(38)40-29-27-35(32(37)31-36)28-30-41-34(39)26-24-22-20-18-16-14-12-10-8-6-4-2;1-7(2)5-3-4-6(8)9/h5-36H2,1-4H3;36H,3-31H2,1-2H3;3-5H2,1-2H3,(H,8,9). The average Bonchev–Trinajstić information content (AvgIpc) is 1.04. The highest BCUT2D eigenvalue weighted by molar-refractivity contribution is 5.81. The molecule has 0 saturated heterocycles. The first-order valence-electron chi connectivity index (χ1n) is 40.4. The topological polar surface area (TPSA) is 236 Å². The van der Waals surface area contributed by atoms with Gasteiger partial charge in [0.2, 0.25) is 5.91 Å². The van der Waals surface area contributed by atoms with Crippen molar-refractivity contribution in [1.82, 2.24) is 19.6 Å². The molecule has 0 aromatic heterocycles. The Morgan fingerprint density at radius 2 is 0.455 bits per heavy atom. The summed E-state index contributed by atoms with van der Waals surface area (Å²) in [5.74, 6) is -3.05. The van der Waals surface area contributed by atoms with Gasteiger partial charge in [-0.25, -0.2) is 0 Å². The van der Waals surface area contributed by atoms with Crippen LogP contribution in [0.2, 0.25) is 0 Å². The van der Waals surface area contributed by atoms with E-state index in [1.54, 1.807) is 0 Å². The molecule has 0 radical (unpaired) electrons. The molecule has 0 fully saturated rings. The number of carboxylic acids is 1. The molecule has 2 N–H and O–H groups in total. The molecular formula is C80H154N4O15. The number of carbonyl (C=O) groups is 8. The van der Waals surface area contributed by atoms with Crippen LogP contribution in [0, 0.1) is 0 Å². The van der Waals surface area contributed by atoms with Gasteiger partial charge in [-0.15, -0.1) is 0 Å². The lowest BCUT2D eigenvalue weighted by molar-refractivity contribution is -0.154. The first-order valence-corrected chi connectivity index (χ1v) is 40.4. The fourth-order valence-electron chi connectivity index (χ4n) is 11.3. The van der Waals surface area contributed by atoms with Crippen molar-refractivity contribution < 1.29 is 72.3 Å². The second-order valence-corrected chi connectivity index (χ2v) is 27.8. The van der Waals surface area contributed by atoms with Crippen molar-refractivity contribution in [2.45, 2.75) is 362 Å². The van der Waals surface area contributed by atoms with Crippen molar-refractivity contribution in [1.29, 1.82) is 0 Å². The van der Waals surface area contributed by atoms with Gasteiger partial charge in [-0.1, -0.05) is 285 Å². The molecule has 0 aliphatic rings. The molecule has 0 aliphatic carbocycles. The van der Waals surface area contributed by atoms with E-state index in [1.165, 1.54) is 215 Å². The summed E-state index contributed by atoms with van der Waals surface area (Å²) in [5.41, 5.74) is 0. The quantitative estimate of drug-likeness (QED) is 0.0327. The normalized spacial score (nSPS) is 11.0. The highest BCUT2D eigenvalue weighted by Gasteiger charge is 2.19. The molecule has 584 valence electrons. The van der Waals surface area contributed by atoms with Crippen LogP contribution in [0.15, 0.2) is 0 Å². The summed E-state index contributed by atoms with van der Waals surface area (Å²) < 4.78 is 26.6. The van der Waals surface area contributed by atoms with Crippen molar-refractivity contribution in [3.63, 3.8) is 0 Å². The molecule has 19 nitrogen and oxygen atoms in total. The van der Waals surface area contributed by atoms with Crippen LogP contribution in [-0.4, -0.2) is 185 Å². The summed E-state index contributed by atoms with van der Waals surface area (Å²) in [4.78, 5) is 102. The minimum atomic E-state index is -0.711. The maximum Gasteiger partial charge on any atom is 0.306 e. The Hall–Kier alpha value is -4.36. The molecule has 0 bridgehead atoms. The van der Waals surface area contributed by atoms with Gasteiger partial charge in [-0.2, -0.15) is 0 Å². The molecule has 0 rings (SSSR count). The maximum absolute atomic E-state index is 12.9. The lowest BCUT2D eigenvalue weighted by atomic mass is 10.1. The van der Waals surface area contributed by atoms with Crippen molar-refractivity contribution in [3.8, 4) is 0 Å². The fraction of sp³-hybridized carbons (Fsp3) is 0.900. The lowest BCUT2D eigenvalue weighted by Gasteiger charge is -2.22. The van der Waals surface area contributed by atoms with Crippen molar-refractivity contribution in [3.05, 3.63) is 0 Å². The molecular weight excluding hydrogens is 1260 g/mol. The van der Waals surface area contributed by atoms with Crippen molar-refractivity contribution in [2.75, 3.05) is 107 Å². The summed E-state index contributed by atoms with van der Waals surface area (Å²) in [6.07, 6.45) is 57.2. The number of rotatable bonds is 71. The van der Waals surface area contributed by atoms with Crippen molar-refractivity contribution in [2.24, 2.45) is 0 Å². The molecule has 99 heavy (non-hydrogen) atoms. The van der Waals surface area contributed by atoms with Crippen LogP contribution in [0.1, 0.15) is 362 Å².